The van der Waals surface area contributed by atoms with Crippen molar-refractivity contribution in [3.63, 3.8) is 0 Å². The van der Waals surface area contributed by atoms with Gasteiger partial charge in [-0.3, -0.25) is 4.79 Å². The SMILES string of the molecule is CCC(Oc1ccccc1F)C(=O)N(C)CC(C)(C)CN.Cl. The summed E-state index contributed by atoms with van der Waals surface area (Å²) in [4.78, 5) is 14.0. The molecule has 0 aliphatic rings. The summed E-state index contributed by atoms with van der Waals surface area (Å²) in [5.41, 5.74) is 5.52. The molecule has 0 aliphatic carbocycles. The molecule has 0 heterocycles. The van der Waals surface area contributed by atoms with E-state index in [-0.39, 0.29) is 29.5 Å². The first-order valence-electron chi connectivity index (χ1n) is 7.17. The molecule has 4 nitrogen and oxygen atoms in total. The molecule has 0 spiro atoms. The number of halogens is 2. The maximum atomic E-state index is 13.6. The lowest BCUT2D eigenvalue weighted by Crippen LogP contribution is -2.45. The average Bonchev–Trinajstić information content (AvgIpc) is 2.45. The van der Waals surface area contributed by atoms with Crippen LogP contribution in [-0.4, -0.2) is 37.0 Å². The van der Waals surface area contributed by atoms with Crippen LogP contribution in [0.25, 0.3) is 0 Å². The van der Waals surface area contributed by atoms with Crippen molar-refractivity contribution in [2.75, 3.05) is 20.1 Å². The second-order valence-corrected chi connectivity index (χ2v) is 6.01. The number of hydrogen-bond donors (Lipinski definition) is 1. The zero-order chi connectivity index (χ0) is 16.0. The van der Waals surface area contributed by atoms with E-state index in [4.69, 9.17) is 10.5 Å². The van der Waals surface area contributed by atoms with Crippen LogP contribution < -0.4 is 10.5 Å². The molecule has 1 rings (SSSR count). The van der Waals surface area contributed by atoms with Gasteiger partial charge < -0.3 is 15.4 Å². The number of nitrogens with zero attached hydrogens (tertiary/aromatic N) is 1. The summed E-state index contributed by atoms with van der Waals surface area (Å²) >= 11 is 0. The quantitative estimate of drug-likeness (QED) is 0.835. The maximum absolute atomic E-state index is 13.6. The Morgan fingerprint density at radius 3 is 2.50 bits per heavy atom. The van der Waals surface area contributed by atoms with Crippen LogP contribution in [0.15, 0.2) is 24.3 Å². The standard InChI is InChI=1S/C16H25FN2O2.ClH/c1-5-13(21-14-9-7-6-8-12(14)17)15(20)19(4)11-16(2,3)10-18;/h6-9,13H,5,10-11,18H2,1-4H3;1H. The molecule has 0 bridgehead atoms. The van der Waals surface area contributed by atoms with Crippen molar-refractivity contribution in [3.05, 3.63) is 30.1 Å². The first kappa shape index (κ1) is 20.7. The van der Waals surface area contributed by atoms with Crippen molar-refractivity contribution < 1.29 is 13.9 Å². The maximum Gasteiger partial charge on any atom is 0.263 e. The van der Waals surface area contributed by atoms with Crippen LogP contribution in [-0.2, 0) is 4.79 Å². The number of carbonyl (C=O) groups excluding carboxylic acids is 1. The summed E-state index contributed by atoms with van der Waals surface area (Å²) in [6.07, 6.45) is -0.221. The molecular weight excluding hydrogens is 307 g/mol. The van der Waals surface area contributed by atoms with Crippen LogP contribution in [0.4, 0.5) is 4.39 Å². The lowest BCUT2D eigenvalue weighted by Gasteiger charge is -2.31. The van der Waals surface area contributed by atoms with Crippen LogP contribution in [0.5, 0.6) is 5.75 Å². The Kier molecular flexibility index (Phi) is 8.41. The van der Waals surface area contributed by atoms with Crippen molar-refractivity contribution in [3.8, 4) is 5.75 Å². The second kappa shape index (κ2) is 8.96. The molecule has 0 aromatic heterocycles. The van der Waals surface area contributed by atoms with Crippen LogP contribution in [0.3, 0.4) is 0 Å². The molecule has 2 N–H and O–H groups in total. The number of likely N-dealkylation sites (N-methyl/N-ethyl adjacent to an activating group) is 1. The van der Waals surface area contributed by atoms with Gasteiger partial charge in [-0.2, -0.15) is 0 Å². The number of amides is 1. The monoisotopic (exact) mass is 332 g/mol. The first-order valence-corrected chi connectivity index (χ1v) is 7.17. The summed E-state index contributed by atoms with van der Waals surface area (Å²) in [5, 5.41) is 0. The van der Waals surface area contributed by atoms with E-state index in [2.05, 4.69) is 0 Å². The van der Waals surface area contributed by atoms with Gasteiger partial charge in [0.05, 0.1) is 0 Å². The zero-order valence-electron chi connectivity index (χ0n) is 13.6. The van der Waals surface area contributed by atoms with Gasteiger partial charge in [-0.1, -0.05) is 32.9 Å². The second-order valence-electron chi connectivity index (χ2n) is 6.01. The third kappa shape index (κ3) is 5.81. The van der Waals surface area contributed by atoms with E-state index in [1.807, 2.05) is 20.8 Å². The predicted molar refractivity (Wildman–Crippen MR) is 88.8 cm³/mol. The van der Waals surface area contributed by atoms with Crippen molar-refractivity contribution >= 4 is 18.3 Å². The topological polar surface area (TPSA) is 55.6 Å². The Hall–Kier alpha value is -1.33. The fraction of sp³-hybridized carbons (Fsp3) is 0.562. The molecule has 1 amide bonds. The Labute approximate surface area is 138 Å². The molecule has 0 saturated heterocycles. The molecule has 0 fully saturated rings. The molecule has 0 saturated carbocycles. The van der Waals surface area contributed by atoms with Crippen molar-refractivity contribution in [1.29, 1.82) is 0 Å². The number of ether oxygens (including phenoxy) is 1. The summed E-state index contributed by atoms with van der Waals surface area (Å²) in [6, 6.07) is 6.10. The van der Waals surface area contributed by atoms with E-state index in [0.29, 0.717) is 19.5 Å². The molecule has 126 valence electrons. The number of carbonyl (C=O) groups is 1. The molecule has 0 aliphatic heterocycles. The van der Waals surface area contributed by atoms with Crippen LogP contribution >= 0.6 is 12.4 Å². The van der Waals surface area contributed by atoms with Gasteiger partial charge in [0, 0.05) is 13.6 Å². The average molecular weight is 333 g/mol. The van der Waals surface area contributed by atoms with Gasteiger partial charge in [0.1, 0.15) is 0 Å². The normalized spacial score (nSPS) is 12.3. The molecular formula is C16H26ClFN2O2. The number of para-hydroxylation sites is 1. The van der Waals surface area contributed by atoms with E-state index in [9.17, 15) is 9.18 Å². The number of nitrogens with two attached hydrogens (primary N) is 1. The first-order chi connectivity index (χ1) is 9.80. The van der Waals surface area contributed by atoms with Gasteiger partial charge in [-0.05, 0) is 30.5 Å². The highest BCUT2D eigenvalue weighted by molar-refractivity contribution is 5.85. The van der Waals surface area contributed by atoms with E-state index < -0.39 is 11.9 Å². The number of rotatable bonds is 7. The molecule has 22 heavy (non-hydrogen) atoms. The van der Waals surface area contributed by atoms with Crippen molar-refractivity contribution in [2.45, 2.75) is 33.3 Å². The molecule has 0 radical (unpaired) electrons. The van der Waals surface area contributed by atoms with Crippen LogP contribution in [0, 0.1) is 11.2 Å². The smallest absolute Gasteiger partial charge is 0.263 e. The van der Waals surface area contributed by atoms with E-state index in [1.54, 1.807) is 24.1 Å². The largest absolute Gasteiger partial charge is 0.478 e. The fourth-order valence-electron chi connectivity index (χ4n) is 2.03. The van der Waals surface area contributed by atoms with Crippen molar-refractivity contribution in [1.82, 2.24) is 4.90 Å². The van der Waals surface area contributed by atoms with Gasteiger partial charge >= 0.3 is 0 Å². The summed E-state index contributed by atoms with van der Waals surface area (Å²) in [6.45, 7) is 6.84. The Morgan fingerprint density at radius 2 is 2.00 bits per heavy atom. The van der Waals surface area contributed by atoms with E-state index in [1.165, 1.54) is 12.1 Å². The van der Waals surface area contributed by atoms with Gasteiger partial charge in [0.15, 0.2) is 17.7 Å². The highest BCUT2D eigenvalue weighted by Crippen LogP contribution is 2.20. The van der Waals surface area contributed by atoms with Gasteiger partial charge in [0.25, 0.3) is 5.91 Å². The highest BCUT2D eigenvalue weighted by Gasteiger charge is 2.27. The lowest BCUT2D eigenvalue weighted by molar-refractivity contribution is -0.138. The molecule has 1 atom stereocenters. The van der Waals surface area contributed by atoms with Gasteiger partial charge in [-0.15, -0.1) is 12.4 Å². The highest BCUT2D eigenvalue weighted by atomic mass is 35.5. The predicted octanol–water partition coefficient (Wildman–Crippen LogP) is 2.85. The Bertz CT molecular complexity index is 483. The third-order valence-electron chi connectivity index (χ3n) is 3.35. The number of hydrogen-bond acceptors (Lipinski definition) is 3. The van der Waals surface area contributed by atoms with Gasteiger partial charge in [-0.25, -0.2) is 4.39 Å². The summed E-state index contributed by atoms with van der Waals surface area (Å²) in [5.74, 6) is -0.528. The lowest BCUT2D eigenvalue weighted by atomic mass is 9.93. The summed E-state index contributed by atoms with van der Waals surface area (Å²) < 4.78 is 19.1. The minimum absolute atomic E-state index is 0. The van der Waals surface area contributed by atoms with Gasteiger partial charge in [0.2, 0.25) is 0 Å². The number of benzene rings is 1. The third-order valence-corrected chi connectivity index (χ3v) is 3.35. The zero-order valence-corrected chi connectivity index (χ0v) is 14.5. The van der Waals surface area contributed by atoms with Crippen molar-refractivity contribution in [2.24, 2.45) is 11.1 Å². The van der Waals surface area contributed by atoms with Crippen LogP contribution in [0.1, 0.15) is 27.2 Å². The van der Waals surface area contributed by atoms with E-state index in [0.717, 1.165) is 0 Å². The molecule has 6 heteroatoms. The fourth-order valence-corrected chi connectivity index (χ4v) is 2.03. The Morgan fingerprint density at radius 1 is 1.41 bits per heavy atom. The van der Waals surface area contributed by atoms with Crippen LogP contribution in [0.2, 0.25) is 0 Å². The molecule has 1 aromatic rings. The summed E-state index contributed by atoms with van der Waals surface area (Å²) in [7, 11) is 1.72. The Balaban J connectivity index is 0.00000441. The molecule has 1 aromatic carbocycles. The minimum Gasteiger partial charge on any atom is -0.478 e. The minimum atomic E-state index is -0.694. The molecule has 1 unspecified atom stereocenters. The van der Waals surface area contributed by atoms with E-state index >= 15 is 0 Å².